The quantitative estimate of drug-likeness (QED) is 0.729. The van der Waals surface area contributed by atoms with Gasteiger partial charge in [0.1, 0.15) is 11.8 Å². The molecule has 152 valence electrons. The molecule has 1 aliphatic carbocycles. The summed E-state index contributed by atoms with van der Waals surface area (Å²) >= 11 is 0. The summed E-state index contributed by atoms with van der Waals surface area (Å²) in [6.45, 7) is 1.70. The summed E-state index contributed by atoms with van der Waals surface area (Å²) in [6, 6.07) is 4.99. The number of hydrogen-bond acceptors (Lipinski definition) is 4. The molecule has 27 heavy (non-hydrogen) atoms. The van der Waals surface area contributed by atoms with Crippen LogP contribution in [0.3, 0.4) is 0 Å². The Kier molecular flexibility index (Phi) is 7.76. The van der Waals surface area contributed by atoms with E-state index in [1.807, 2.05) is 0 Å². The maximum Gasteiger partial charge on any atom is 0.405 e. The zero-order valence-electron chi connectivity index (χ0n) is 14.9. The molecule has 2 aliphatic rings. The van der Waals surface area contributed by atoms with Crippen molar-refractivity contribution in [2.75, 3.05) is 39.3 Å². The standard InChI is InChI=1S/C18H24F3N3O2.ClH/c19-18(20,21)16(24-9-7-22-8-10-24)11-23-17(25)14-3-1-2-4-15(14)26-12-13-5-6-13;/h1-4,13,16,22H,5-12H2,(H,23,25);1H. The Morgan fingerprint density at radius 2 is 1.93 bits per heavy atom. The second-order valence-electron chi connectivity index (χ2n) is 6.80. The number of benzene rings is 1. The van der Waals surface area contributed by atoms with Crippen molar-refractivity contribution in [3.8, 4) is 5.75 Å². The molecule has 0 aromatic heterocycles. The van der Waals surface area contributed by atoms with Crippen LogP contribution in [0.2, 0.25) is 0 Å². The van der Waals surface area contributed by atoms with Gasteiger partial charge in [-0.05, 0) is 30.9 Å². The number of nitrogens with one attached hydrogen (secondary N) is 2. The van der Waals surface area contributed by atoms with Crippen molar-refractivity contribution >= 4 is 18.3 Å². The number of rotatable bonds is 7. The molecule has 1 heterocycles. The lowest BCUT2D eigenvalue weighted by Gasteiger charge is -2.35. The number of para-hydroxylation sites is 1. The van der Waals surface area contributed by atoms with Gasteiger partial charge in [0.15, 0.2) is 0 Å². The molecule has 3 rings (SSSR count). The van der Waals surface area contributed by atoms with Gasteiger partial charge in [-0.15, -0.1) is 12.4 Å². The maximum atomic E-state index is 13.4. The third-order valence-electron chi connectivity index (χ3n) is 4.73. The number of carbonyl (C=O) groups excluding carboxylic acids is 1. The second kappa shape index (κ2) is 9.61. The molecular formula is C18H25ClF3N3O2. The summed E-state index contributed by atoms with van der Waals surface area (Å²) in [5, 5.41) is 5.48. The van der Waals surface area contributed by atoms with Gasteiger partial charge in [-0.3, -0.25) is 9.69 Å². The normalized spacial score (nSPS) is 19.1. The molecule has 1 aromatic rings. The molecule has 2 N–H and O–H groups in total. The predicted octanol–water partition coefficient (Wildman–Crippen LogP) is 2.46. The fraction of sp³-hybridized carbons (Fsp3) is 0.611. The van der Waals surface area contributed by atoms with Crippen LogP contribution in [0.5, 0.6) is 5.75 Å². The van der Waals surface area contributed by atoms with Crippen molar-refractivity contribution in [3.63, 3.8) is 0 Å². The highest BCUT2D eigenvalue weighted by molar-refractivity contribution is 5.96. The van der Waals surface area contributed by atoms with Crippen molar-refractivity contribution < 1.29 is 22.7 Å². The van der Waals surface area contributed by atoms with E-state index in [1.54, 1.807) is 24.3 Å². The fourth-order valence-electron chi connectivity index (χ4n) is 3.00. The van der Waals surface area contributed by atoms with Crippen molar-refractivity contribution in [2.24, 2.45) is 5.92 Å². The van der Waals surface area contributed by atoms with Gasteiger partial charge in [0.25, 0.3) is 5.91 Å². The van der Waals surface area contributed by atoms with Crippen molar-refractivity contribution in [2.45, 2.75) is 25.1 Å². The van der Waals surface area contributed by atoms with E-state index < -0.39 is 24.7 Å². The number of nitrogens with zero attached hydrogens (tertiary/aromatic N) is 1. The molecule has 1 aliphatic heterocycles. The zero-order valence-corrected chi connectivity index (χ0v) is 15.7. The van der Waals surface area contributed by atoms with Crippen LogP contribution in [-0.4, -0.2) is 62.4 Å². The van der Waals surface area contributed by atoms with Crippen LogP contribution in [0.15, 0.2) is 24.3 Å². The van der Waals surface area contributed by atoms with Crippen molar-refractivity contribution in [1.29, 1.82) is 0 Å². The number of piperazine rings is 1. The van der Waals surface area contributed by atoms with E-state index in [-0.39, 0.29) is 18.0 Å². The summed E-state index contributed by atoms with van der Waals surface area (Å²) in [7, 11) is 0. The van der Waals surface area contributed by atoms with Crippen LogP contribution in [0.4, 0.5) is 13.2 Å². The fourth-order valence-corrected chi connectivity index (χ4v) is 3.00. The first-order chi connectivity index (χ1) is 12.4. The first-order valence-electron chi connectivity index (χ1n) is 8.96. The summed E-state index contributed by atoms with van der Waals surface area (Å²) in [6.07, 6.45) is -2.16. The van der Waals surface area contributed by atoms with Gasteiger partial charge < -0.3 is 15.4 Å². The van der Waals surface area contributed by atoms with E-state index in [4.69, 9.17) is 4.74 Å². The highest BCUT2D eigenvalue weighted by Gasteiger charge is 2.43. The van der Waals surface area contributed by atoms with Crippen LogP contribution >= 0.6 is 12.4 Å². The second-order valence-corrected chi connectivity index (χ2v) is 6.80. The molecule has 0 radical (unpaired) electrons. The number of carbonyl (C=O) groups is 1. The lowest BCUT2D eigenvalue weighted by molar-refractivity contribution is -0.183. The average molecular weight is 408 g/mol. The van der Waals surface area contributed by atoms with Gasteiger partial charge in [0.05, 0.1) is 12.2 Å². The Hall–Kier alpha value is -1.51. The molecule has 1 aromatic carbocycles. The predicted molar refractivity (Wildman–Crippen MR) is 98.5 cm³/mol. The molecule has 1 saturated heterocycles. The SMILES string of the molecule is Cl.O=C(NCC(N1CCNCC1)C(F)(F)F)c1ccccc1OCC1CC1. The number of ether oxygens (including phenoxy) is 1. The number of amides is 1. The van der Waals surface area contributed by atoms with Crippen molar-refractivity contribution in [1.82, 2.24) is 15.5 Å². The number of hydrogen-bond donors (Lipinski definition) is 2. The van der Waals surface area contributed by atoms with Gasteiger partial charge in [0.2, 0.25) is 0 Å². The van der Waals surface area contributed by atoms with Crippen LogP contribution < -0.4 is 15.4 Å². The average Bonchev–Trinajstić information content (AvgIpc) is 3.44. The van der Waals surface area contributed by atoms with Gasteiger partial charge in [-0.2, -0.15) is 13.2 Å². The smallest absolute Gasteiger partial charge is 0.405 e. The third-order valence-corrected chi connectivity index (χ3v) is 4.73. The summed E-state index contributed by atoms with van der Waals surface area (Å²) in [5.74, 6) is 0.400. The minimum absolute atomic E-state index is 0. The van der Waals surface area contributed by atoms with Gasteiger partial charge in [0, 0.05) is 32.7 Å². The molecule has 2 fully saturated rings. The lowest BCUT2D eigenvalue weighted by Crippen LogP contribution is -2.57. The minimum Gasteiger partial charge on any atom is -0.492 e. The molecule has 5 nitrogen and oxygen atoms in total. The molecule has 0 spiro atoms. The molecule has 1 amide bonds. The van der Waals surface area contributed by atoms with Crippen LogP contribution in [-0.2, 0) is 0 Å². The first kappa shape index (κ1) is 21.8. The van der Waals surface area contributed by atoms with Gasteiger partial charge in [-0.1, -0.05) is 12.1 Å². The van der Waals surface area contributed by atoms with E-state index in [9.17, 15) is 18.0 Å². The maximum absolute atomic E-state index is 13.4. The van der Waals surface area contributed by atoms with E-state index in [0.717, 1.165) is 12.8 Å². The Labute approximate surface area is 163 Å². The highest BCUT2D eigenvalue weighted by Crippen LogP contribution is 2.30. The van der Waals surface area contributed by atoms with Crippen LogP contribution in [0, 0.1) is 5.92 Å². The topological polar surface area (TPSA) is 53.6 Å². The van der Waals surface area contributed by atoms with E-state index in [2.05, 4.69) is 10.6 Å². The molecule has 0 bridgehead atoms. The van der Waals surface area contributed by atoms with E-state index in [1.165, 1.54) is 4.90 Å². The Bertz CT molecular complexity index is 620. The number of halogens is 4. The Morgan fingerprint density at radius 1 is 1.26 bits per heavy atom. The lowest BCUT2D eigenvalue weighted by atomic mass is 10.1. The van der Waals surface area contributed by atoms with E-state index in [0.29, 0.717) is 44.5 Å². The minimum atomic E-state index is -4.40. The van der Waals surface area contributed by atoms with Gasteiger partial charge >= 0.3 is 6.18 Å². The summed E-state index contributed by atoms with van der Waals surface area (Å²) in [5.41, 5.74) is 0.273. The molecule has 9 heteroatoms. The number of alkyl halides is 3. The monoisotopic (exact) mass is 407 g/mol. The summed E-state index contributed by atoms with van der Waals surface area (Å²) in [4.78, 5) is 13.8. The molecule has 1 unspecified atom stereocenters. The third kappa shape index (κ3) is 6.26. The first-order valence-corrected chi connectivity index (χ1v) is 8.96. The Morgan fingerprint density at radius 3 is 2.56 bits per heavy atom. The molecular weight excluding hydrogens is 383 g/mol. The van der Waals surface area contributed by atoms with Crippen LogP contribution in [0.1, 0.15) is 23.2 Å². The van der Waals surface area contributed by atoms with Crippen molar-refractivity contribution in [3.05, 3.63) is 29.8 Å². The van der Waals surface area contributed by atoms with Gasteiger partial charge in [-0.25, -0.2) is 0 Å². The zero-order chi connectivity index (χ0) is 18.6. The van der Waals surface area contributed by atoms with Crippen LogP contribution in [0.25, 0.3) is 0 Å². The largest absolute Gasteiger partial charge is 0.492 e. The molecule has 1 saturated carbocycles. The molecule has 1 atom stereocenters. The highest BCUT2D eigenvalue weighted by atomic mass is 35.5. The summed E-state index contributed by atoms with van der Waals surface area (Å²) < 4.78 is 45.9. The van der Waals surface area contributed by atoms with E-state index >= 15 is 0 Å². The Balaban J connectivity index is 0.00000261.